The first-order valence-corrected chi connectivity index (χ1v) is 9.62. The Kier molecular flexibility index (Phi) is 4.33. The van der Waals surface area contributed by atoms with Crippen molar-refractivity contribution in [3.05, 3.63) is 35.4 Å². The summed E-state index contributed by atoms with van der Waals surface area (Å²) in [5.74, 6) is 0. The molecule has 0 radical (unpaired) electrons. The first-order chi connectivity index (χ1) is 7.32. The van der Waals surface area contributed by atoms with Crippen molar-refractivity contribution in [3.8, 4) is 0 Å². The number of nitrogens with zero attached hydrogens (tertiary/aromatic N) is 1. The standard InChI is InChI=1S/C14H25NSi/c1-12(16(4,5)6)14-10-8-7-9-13(14)11-15(2)3/h7-10,12H,11H2,1-6H3. The van der Waals surface area contributed by atoms with Crippen LogP contribution in [0, 0.1) is 0 Å². The van der Waals surface area contributed by atoms with Crippen molar-refractivity contribution >= 4 is 8.07 Å². The monoisotopic (exact) mass is 235 g/mol. The molecule has 1 unspecified atom stereocenters. The molecule has 16 heavy (non-hydrogen) atoms. The average Bonchev–Trinajstić information content (AvgIpc) is 2.15. The molecule has 1 nitrogen and oxygen atoms in total. The number of rotatable bonds is 4. The lowest BCUT2D eigenvalue weighted by atomic mass is 10.0. The topological polar surface area (TPSA) is 3.24 Å². The Morgan fingerprint density at radius 3 is 2.19 bits per heavy atom. The number of hydrogen-bond donors (Lipinski definition) is 0. The number of hydrogen-bond acceptors (Lipinski definition) is 1. The lowest BCUT2D eigenvalue weighted by Crippen LogP contribution is -2.30. The molecule has 1 atom stereocenters. The third kappa shape index (κ3) is 3.46. The Morgan fingerprint density at radius 1 is 1.12 bits per heavy atom. The first-order valence-electron chi connectivity index (χ1n) is 6.05. The molecule has 1 aromatic carbocycles. The molecule has 1 rings (SSSR count). The van der Waals surface area contributed by atoms with Crippen molar-refractivity contribution in [2.24, 2.45) is 0 Å². The van der Waals surface area contributed by atoms with Gasteiger partial charge in [-0.3, -0.25) is 0 Å². The molecular weight excluding hydrogens is 210 g/mol. The van der Waals surface area contributed by atoms with Crippen LogP contribution in [-0.4, -0.2) is 27.1 Å². The van der Waals surface area contributed by atoms with Gasteiger partial charge < -0.3 is 4.90 Å². The summed E-state index contributed by atoms with van der Waals surface area (Å²) in [6.07, 6.45) is 0. The van der Waals surface area contributed by atoms with Gasteiger partial charge in [0, 0.05) is 6.54 Å². The van der Waals surface area contributed by atoms with Gasteiger partial charge in [0.2, 0.25) is 0 Å². The predicted octanol–water partition coefficient (Wildman–Crippen LogP) is 3.73. The summed E-state index contributed by atoms with van der Waals surface area (Å²) in [6.45, 7) is 10.8. The van der Waals surface area contributed by atoms with Gasteiger partial charge >= 0.3 is 0 Å². The second-order valence-corrected chi connectivity index (χ2v) is 11.6. The summed E-state index contributed by atoms with van der Waals surface area (Å²) in [5.41, 5.74) is 3.77. The van der Waals surface area contributed by atoms with Crippen LogP contribution < -0.4 is 0 Å². The highest BCUT2D eigenvalue weighted by Crippen LogP contribution is 2.29. The maximum atomic E-state index is 2.45. The van der Waals surface area contributed by atoms with E-state index < -0.39 is 8.07 Å². The molecule has 0 saturated heterocycles. The van der Waals surface area contributed by atoms with Crippen molar-refractivity contribution < 1.29 is 0 Å². The molecule has 0 spiro atoms. The minimum absolute atomic E-state index is 0.726. The number of benzene rings is 1. The van der Waals surface area contributed by atoms with Gasteiger partial charge in [0.05, 0.1) is 8.07 Å². The quantitative estimate of drug-likeness (QED) is 0.719. The van der Waals surface area contributed by atoms with Gasteiger partial charge in [-0.15, -0.1) is 0 Å². The van der Waals surface area contributed by atoms with Crippen LogP contribution in [0.4, 0.5) is 0 Å². The van der Waals surface area contributed by atoms with Gasteiger partial charge in [-0.1, -0.05) is 50.8 Å². The van der Waals surface area contributed by atoms with Gasteiger partial charge in [0.25, 0.3) is 0 Å². The Bertz CT molecular complexity index is 339. The van der Waals surface area contributed by atoms with E-state index in [2.05, 4.69) is 69.8 Å². The van der Waals surface area contributed by atoms with Crippen LogP contribution in [0.15, 0.2) is 24.3 Å². The molecule has 1 aromatic rings. The highest BCUT2D eigenvalue weighted by atomic mass is 28.3. The van der Waals surface area contributed by atoms with E-state index in [1.54, 1.807) is 5.56 Å². The molecule has 0 aliphatic carbocycles. The van der Waals surface area contributed by atoms with Gasteiger partial charge in [-0.05, 0) is 30.8 Å². The average molecular weight is 235 g/mol. The lowest BCUT2D eigenvalue weighted by molar-refractivity contribution is 0.401. The van der Waals surface area contributed by atoms with Crippen LogP contribution in [0.3, 0.4) is 0 Å². The molecule has 0 bridgehead atoms. The molecule has 0 heterocycles. The fourth-order valence-corrected chi connectivity index (χ4v) is 3.12. The van der Waals surface area contributed by atoms with E-state index in [1.807, 2.05) is 0 Å². The molecule has 0 amide bonds. The molecular formula is C14H25NSi. The van der Waals surface area contributed by atoms with Crippen molar-refractivity contribution in [1.82, 2.24) is 4.90 Å². The second kappa shape index (κ2) is 5.15. The van der Waals surface area contributed by atoms with E-state index in [0.29, 0.717) is 0 Å². The summed E-state index contributed by atoms with van der Waals surface area (Å²) in [6, 6.07) is 8.90. The van der Waals surface area contributed by atoms with Crippen molar-refractivity contribution in [2.75, 3.05) is 14.1 Å². The molecule has 0 aromatic heterocycles. The largest absolute Gasteiger partial charge is 0.305 e. The van der Waals surface area contributed by atoms with Crippen LogP contribution in [0.1, 0.15) is 23.6 Å². The van der Waals surface area contributed by atoms with Crippen molar-refractivity contribution in [1.29, 1.82) is 0 Å². The van der Waals surface area contributed by atoms with Crippen LogP contribution in [0.2, 0.25) is 19.6 Å². The summed E-state index contributed by atoms with van der Waals surface area (Å²) in [5, 5.41) is 0. The summed E-state index contributed by atoms with van der Waals surface area (Å²) < 4.78 is 0. The zero-order valence-corrected chi connectivity index (χ0v) is 12.5. The maximum absolute atomic E-state index is 2.45. The van der Waals surface area contributed by atoms with Gasteiger partial charge in [-0.25, -0.2) is 0 Å². The second-order valence-electron chi connectivity index (χ2n) is 6.02. The van der Waals surface area contributed by atoms with Crippen LogP contribution in [0.25, 0.3) is 0 Å². The smallest absolute Gasteiger partial charge is 0.0518 e. The van der Waals surface area contributed by atoms with Crippen molar-refractivity contribution in [2.45, 2.75) is 38.7 Å². The fourth-order valence-electron chi connectivity index (χ4n) is 1.91. The normalized spacial score (nSPS) is 14.2. The molecule has 2 heteroatoms. The van der Waals surface area contributed by atoms with E-state index in [9.17, 15) is 0 Å². The van der Waals surface area contributed by atoms with Crippen LogP contribution in [0.5, 0.6) is 0 Å². The highest BCUT2D eigenvalue weighted by molar-refractivity contribution is 6.77. The Labute approximate surface area is 101 Å². The van der Waals surface area contributed by atoms with Gasteiger partial charge in [-0.2, -0.15) is 0 Å². The summed E-state index contributed by atoms with van der Waals surface area (Å²) >= 11 is 0. The zero-order valence-electron chi connectivity index (χ0n) is 11.5. The first kappa shape index (κ1) is 13.5. The van der Waals surface area contributed by atoms with Crippen molar-refractivity contribution in [3.63, 3.8) is 0 Å². The van der Waals surface area contributed by atoms with Crippen LogP contribution >= 0.6 is 0 Å². The lowest BCUT2D eigenvalue weighted by Gasteiger charge is -2.28. The Balaban J connectivity index is 3.03. The van der Waals surface area contributed by atoms with E-state index in [0.717, 1.165) is 12.1 Å². The third-order valence-electron chi connectivity index (χ3n) is 3.31. The Morgan fingerprint density at radius 2 is 1.69 bits per heavy atom. The molecule has 0 aliphatic rings. The van der Waals surface area contributed by atoms with E-state index in [-0.39, 0.29) is 0 Å². The third-order valence-corrected chi connectivity index (χ3v) is 6.22. The van der Waals surface area contributed by atoms with Crippen LogP contribution in [-0.2, 0) is 6.54 Å². The molecule has 90 valence electrons. The molecule has 0 aliphatic heterocycles. The van der Waals surface area contributed by atoms with E-state index in [1.165, 1.54) is 5.56 Å². The molecule has 0 fully saturated rings. The minimum Gasteiger partial charge on any atom is -0.305 e. The summed E-state index contributed by atoms with van der Waals surface area (Å²) in [7, 11) is 3.17. The van der Waals surface area contributed by atoms with Gasteiger partial charge in [0.15, 0.2) is 0 Å². The molecule has 0 N–H and O–H groups in total. The predicted molar refractivity (Wildman–Crippen MR) is 75.6 cm³/mol. The van der Waals surface area contributed by atoms with E-state index in [4.69, 9.17) is 0 Å². The minimum atomic E-state index is -1.10. The van der Waals surface area contributed by atoms with Gasteiger partial charge in [0.1, 0.15) is 0 Å². The zero-order chi connectivity index (χ0) is 12.3. The summed E-state index contributed by atoms with van der Waals surface area (Å²) in [4.78, 5) is 2.25. The van der Waals surface area contributed by atoms with E-state index >= 15 is 0 Å². The SMILES string of the molecule is CC(c1ccccc1CN(C)C)[Si](C)(C)C. The highest BCUT2D eigenvalue weighted by Gasteiger charge is 2.25. The Hall–Kier alpha value is -0.603. The molecule has 0 saturated carbocycles. The fraction of sp³-hybridized carbons (Fsp3) is 0.571. The maximum Gasteiger partial charge on any atom is 0.0518 e.